The predicted molar refractivity (Wildman–Crippen MR) is 92.2 cm³/mol. The van der Waals surface area contributed by atoms with Crippen molar-refractivity contribution in [2.45, 2.75) is 39.3 Å². The molecule has 0 spiro atoms. The van der Waals surface area contributed by atoms with Crippen LogP contribution in [0.15, 0.2) is 6.33 Å². The lowest BCUT2D eigenvalue weighted by Crippen LogP contribution is -2.32. The summed E-state index contributed by atoms with van der Waals surface area (Å²) in [6, 6.07) is 0.427. The lowest BCUT2D eigenvalue weighted by atomic mass is 10.1. The molecule has 1 aliphatic heterocycles. The van der Waals surface area contributed by atoms with Crippen LogP contribution in [0, 0.1) is 6.92 Å². The summed E-state index contributed by atoms with van der Waals surface area (Å²) in [5.41, 5.74) is 0.949. The molecule has 0 bridgehead atoms. The summed E-state index contributed by atoms with van der Waals surface area (Å²) in [6.07, 6.45) is 2.52. The Labute approximate surface area is 139 Å². The molecule has 7 heteroatoms. The number of rotatable bonds is 4. The number of amides is 1. The summed E-state index contributed by atoms with van der Waals surface area (Å²) in [5, 5.41) is 4.38. The minimum Gasteiger partial charge on any atom is -0.379 e. The van der Waals surface area contributed by atoms with Gasteiger partial charge in [-0.3, -0.25) is 4.79 Å². The molecule has 1 amide bonds. The van der Waals surface area contributed by atoms with E-state index in [0.717, 1.165) is 39.5 Å². The van der Waals surface area contributed by atoms with Crippen molar-refractivity contribution in [3.8, 4) is 0 Å². The van der Waals surface area contributed by atoms with E-state index in [0.29, 0.717) is 6.61 Å². The number of aryl methyl sites for hydroxylation is 1. The fourth-order valence-electron chi connectivity index (χ4n) is 2.62. The van der Waals surface area contributed by atoms with Gasteiger partial charge in [0.1, 0.15) is 17.0 Å². The van der Waals surface area contributed by atoms with Crippen LogP contribution < -0.4 is 5.32 Å². The summed E-state index contributed by atoms with van der Waals surface area (Å²) >= 11 is 1.44. The molecule has 0 radical (unpaired) electrons. The summed E-state index contributed by atoms with van der Waals surface area (Å²) in [4.78, 5) is 24.8. The molecule has 1 aliphatic rings. The van der Waals surface area contributed by atoms with E-state index in [-0.39, 0.29) is 18.0 Å². The molecule has 2 aromatic heterocycles. The SMILES string of the molecule is Cc1c(C(=O)N(C)C(C)C)sc2ncnc(N[C@H]3CCOC3)c12. The van der Waals surface area contributed by atoms with Crippen LogP contribution in [0.1, 0.15) is 35.5 Å². The van der Waals surface area contributed by atoms with Gasteiger partial charge < -0.3 is 15.0 Å². The monoisotopic (exact) mass is 334 g/mol. The number of aromatic nitrogens is 2. The maximum atomic E-state index is 12.7. The first-order chi connectivity index (χ1) is 11.0. The Kier molecular flexibility index (Phi) is 4.50. The molecule has 3 rings (SSSR count). The summed E-state index contributed by atoms with van der Waals surface area (Å²) in [7, 11) is 1.83. The maximum Gasteiger partial charge on any atom is 0.264 e. The second-order valence-electron chi connectivity index (χ2n) is 6.17. The van der Waals surface area contributed by atoms with E-state index in [1.807, 2.05) is 27.8 Å². The number of anilines is 1. The number of ether oxygens (including phenoxy) is 1. The van der Waals surface area contributed by atoms with Gasteiger partial charge in [0, 0.05) is 19.7 Å². The number of thiophene rings is 1. The molecule has 0 aromatic carbocycles. The molecule has 1 atom stereocenters. The molecule has 1 fully saturated rings. The first-order valence-electron chi connectivity index (χ1n) is 7.84. The third-order valence-electron chi connectivity index (χ3n) is 4.29. The van der Waals surface area contributed by atoms with E-state index in [1.54, 1.807) is 11.2 Å². The van der Waals surface area contributed by atoms with Gasteiger partial charge >= 0.3 is 0 Å². The van der Waals surface area contributed by atoms with Gasteiger partial charge in [-0.25, -0.2) is 9.97 Å². The minimum absolute atomic E-state index is 0.0376. The van der Waals surface area contributed by atoms with Crippen LogP contribution in [0.25, 0.3) is 10.2 Å². The Morgan fingerprint density at radius 2 is 2.26 bits per heavy atom. The Balaban J connectivity index is 1.99. The van der Waals surface area contributed by atoms with Crippen molar-refractivity contribution >= 4 is 33.3 Å². The highest BCUT2D eigenvalue weighted by molar-refractivity contribution is 7.20. The number of nitrogens with zero attached hydrogens (tertiary/aromatic N) is 3. The van der Waals surface area contributed by atoms with E-state index in [9.17, 15) is 4.79 Å². The van der Waals surface area contributed by atoms with Gasteiger partial charge in [-0.1, -0.05) is 0 Å². The maximum absolute atomic E-state index is 12.7. The Hall–Kier alpha value is -1.73. The van der Waals surface area contributed by atoms with Gasteiger partial charge in [0.05, 0.1) is 22.9 Å². The number of hydrogen-bond donors (Lipinski definition) is 1. The van der Waals surface area contributed by atoms with Crippen molar-refractivity contribution in [3.63, 3.8) is 0 Å². The molecule has 1 N–H and O–H groups in total. The number of nitrogens with one attached hydrogen (secondary N) is 1. The number of fused-ring (bicyclic) bond motifs is 1. The summed E-state index contributed by atoms with van der Waals surface area (Å²) in [5.74, 6) is 0.834. The first-order valence-corrected chi connectivity index (χ1v) is 8.66. The van der Waals surface area contributed by atoms with Gasteiger partial charge in [0.2, 0.25) is 0 Å². The Morgan fingerprint density at radius 3 is 2.91 bits per heavy atom. The first kappa shape index (κ1) is 16.1. The number of carbonyl (C=O) groups is 1. The van der Waals surface area contributed by atoms with Crippen LogP contribution >= 0.6 is 11.3 Å². The molecule has 0 saturated carbocycles. The zero-order valence-electron chi connectivity index (χ0n) is 13.9. The van der Waals surface area contributed by atoms with E-state index < -0.39 is 0 Å². The third kappa shape index (κ3) is 3.03. The second-order valence-corrected chi connectivity index (χ2v) is 7.17. The van der Waals surface area contributed by atoms with Crippen molar-refractivity contribution in [2.24, 2.45) is 0 Å². The van der Waals surface area contributed by atoms with Gasteiger partial charge in [-0.05, 0) is 32.8 Å². The standard InChI is InChI=1S/C16H22N4O2S/c1-9(2)20(4)16(21)13-10(3)12-14(17-8-18-15(12)23-13)19-11-5-6-22-7-11/h8-9,11H,5-7H2,1-4H3,(H,17,18,19)/t11-/m0/s1. The third-order valence-corrected chi connectivity index (χ3v) is 5.47. The molecular formula is C16H22N4O2S. The Bertz CT molecular complexity index is 722. The van der Waals surface area contributed by atoms with Gasteiger partial charge in [-0.2, -0.15) is 0 Å². The van der Waals surface area contributed by atoms with Crippen molar-refractivity contribution in [2.75, 3.05) is 25.6 Å². The summed E-state index contributed by atoms with van der Waals surface area (Å²) < 4.78 is 5.41. The molecule has 6 nitrogen and oxygen atoms in total. The highest BCUT2D eigenvalue weighted by atomic mass is 32.1. The number of carbonyl (C=O) groups excluding carboxylic acids is 1. The van der Waals surface area contributed by atoms with Crippen molar-refractivity contribution in [3.05, 3.63) is 16.8 Å². The van der Waals surface area contributed by atoms with E-state index in [4.69, 9.17) is 4.74 Å². The van der Waals surface area contributed by atoms with Gasteiger partial charge in [0.15, 0.2) is 0 Å². The average molecular weight is 334 g/mol. The second kappa shape index (κ2) is 6.41. The topological polar surface area (TPSA) is 67.4 Å². The molecule has 0 unspecified atom stereocenters. The fourth-order valence-corrected chi connectivity index (χ4v) is 3.75. The van der Waals surface area contributed by atoms with Crippen molar-refractivity contribution in [1.29, 1.82) is 0 Å². The van der Waals surface area contributed by atoms with Crippen molar-refractivity contribution < 1.29 is 9.53 Å². The van der Waals surface area contributed by atoms with Gasteiger partial charge in [0.25, 0.3) is 5.91 Å². The number of hydrogen-bond acceptors (Lipinski definition) is 6. The molecule has 3 heterocycles. The molecule has 124 valence electrons. The molecular weight excluding hydrogens is 312 g/mol. The van der Waals surface area contributed by atoms with E-state index in [1.165, 1.54) is 11.3 Å². The predicted octanol–water partition coefficient (Wildman–Crippen LogP) is 2.68. The summed E-state index contributed by atoms with van der Waals surface area (Å²) in [6.45, 7) is 7.45. The van der Waals surface area contributed by atoms with Crippen LogP contribution in [0.2, 0.25) is 0 Å². The largest absolute Gasteiger partial charge is 0.379 e. The minimum atomic E-state index is 0.0376. The van der Waals surface area contributed by atoms with E-state index >= 15 is 0 Å². The van der Waals surface area contributed by atoms with E-state index in [2.05, 4.69) is 15.3 Å². The zero-order chi connectivity index (χ0) is 16.6. The quantitative estimate of drug-likeness (QED) is 0.931. The van der Waals surface area contributed by atoms with Crippen molar-refractivity contribution in [1.82, 2.24) is 14.9 Å². The molecule has 2 aromatic rings. The molecule has 1 saturated heterocycles. The van der Waals surface area contributed by atoms with Crippen LogP contribution in [-0.2, 0) is 4.74 Å². The van der Waals surface area contributed by atoms with Crippen LogP contribution in [0.5, 0.6) is 0 Å². The normalized spacial score (nSPS) is 17.9. The highest BCUT2D eigenvalue weighted by Crippen LogP contribution is 2.34. The van der Waals surface area contributed by atoms with Crippen LogP contribution in [-0.4, -0.2) is 53.1 Å². The lowest BCUT2D eigenvalue weighted by Gasteiger charge is -2.21. The van der Waals surface area contributed by atoms with Crippen LogP contribution in [0.4, 0.5) is 5.82 Å². The smallest absolute Gasteiger partial charge is 0.264 e. The van der Waals surface area contributed by atoms with Gasteiger partial charge in [-0.15, -0.1) is 11.3 Å². The van der Waals surface area contributed by atoms with Crippen LogP contribution in [0.3, 0.4) is 0 Å². The molecule has 23 heavy (non-hydrogen) atoms. The fraction of sp³-hybridized carbons (Fsp3) is 0.562. The lowest BCUT2D eigenvalue weighted by molar-refractivity contribution is 0.0759. The highest BCUT2D eigenvalue weighted by Gasteiger charge is 2.24. The molecule has 0 aliphatic carbocycles. The zero-order valence-corrected chi connectivity index (χ0v) is 14.7. The average Bonchev–Trinajstić information content (AvgIpc) is 3.14. The Morgan fingerprint density at radius 1 is 1.48 bits per heavy atom.